The summed E-state index contributed by atoms with van der Waals surface area (Å²) < 4.78 is 29.3. The van der Waals surface area contributed by atoms with Gasteiger partial charge in [0, 0.05) is 23.5 Å². The third-order valence-electron chi connectivity index (χ3n) is 6.94. The lowest BCUT2D eigenvalue weighted by atomic mass is 10.0. The molecule has 39 heavy (non-hydrogen) atoms. The van der Waals surface area contributed by atoms with E-state index in [2.05, 4.69) is 10.4 Å². The maximum Gasteiger partial charge on any atom is 0.261 e. The molecule has 4 aromatic rings. The molecule has 2 aliphatic heterocycles. The number of rotatable bonds is 6. The van der Waals surface area contributed by atoms with E-state index < -0.39 is 35.4 Å². The molecule has 2 aromatic heterocycles. The molecule has 0 radical (unpaired) electrons. The number of imide groups is 1. The minimum absolute atomic E-state index is 0.0695. The van der Waals surface area contributed by atoms with Crippen molar-refractivity contribution >= 4 is 40.7 Å². The van der Waals surface area contributed by atoms with Crippen LogP contribution >= 0.6 is 22.9 Å². The van der Waals surface area contributed by atoms with Crippen LogP contribution in [0.1, 0.15) is 47.2 Å². The van der Waals surface area contributed by atoms with Gasteiger partial charge in [-0.15, -0.1) is 11.3 Å². The molecular weight excluding hydrogens is 546 g/mol. The number of aromatic nitrogens is 2. The molecule has 1 N–H and O–H groups in total. The number of aryl methyl sites for hydroxylation is 2. The van der Waals surface area contributed by atoms with Gasteiger partial charge in [0.05, 0.1) is 39.0 Å². The van der Waals surface area contributed by atoms with Crippen molar-refractivity contribution in [1.82, 2.24) is 20.0 Å². The number of nitrogens with one attached hydrogen (secondary N) is 1. The van der Waals surface area contributed by atoms with Gasteiger partial charge in [-0.3, -0.25) is 24.0 Å². The van der Waals surface area contributed by atoms with Crippen LogP contribution in [-0.2, 0) is 19.4 Å². The van der Waals surface area contributed by atoms with E-state index >= 15 is 0 Å². The van der Waals surface area contributed by atoms with E-state index in [4.69, 9.17) is 11.6 Å². The third-order valence-corrected chi connectivity index (χ3v) is 8.41. The average molecular weight is 567 g/mol. The lowest BCUT2D eigenvalue weighted by Crippen LogP contribution is -2.46. The van der Waals surface area contributed by atoms with Crippen LogP contribution in [0.2, 0.25) is 5.02 Å². The molecule has 2 aliphatic rings. The fourth-order valence-electron chi connectivity index (χ4n) is 5.11. The predicted molar refractivity (Wildman–Crippen MR) is 142 cm³/mol. The van der Waals surface area contributed by atoms with Gasteiger partial charge in [0.2, 0.25) is 0 Å². The van der Waals surface area contributed by atoms with Crippen molar-refractivity contribution in [3.63, 3.8) is 0 Å². The monoisotopic (exact) mass is 566 g/mol. The zero-order valence-corrected chi connectivity index (χ0v) is 22.0. The van der Waals surface area contributed by atoms with Crippen molar-refractivity contribution in [3.8, 4) is 11.3 Å². The number of nitrogens with zero attached hydrogens (tertiary/aromatic N) is 3. The Kier molecular flexibility index (Phi) is 6.52. The number of carbonyl (C=O) groups excluding carboxylic acids is 3. The maximum atomic E-state index is 14.0. The number of halogens is 3. The molecule has 7 nitrogen and oxygen atoms in total. The second-order valence-electron chi connectivity index (χ2n) is 9.50. The summed E-state index contributed by atoms with van der Waals surface area (Å²) in [5, 5.41) is 7.75. The standard InChI is InChI=1S/C28H21ClF2N4O3S/c29-20-13-32-35-9-3-6-23-19(25(20)35)12-24(39-23)26(36)33-16(10-15-7-8-21(30)22(31)11-15)14-34-27(37)17-4-1-2-5-18(17)28(34)38/h1-2,4-5,7-8,11-13,16H,3,6,9-10,14H2,(H,33,36). The third kappa shape index (κ3) is 4.63. The van der Waals surface area contributed by atoms with Crippen LogP contribution in [0.15, 0.2) is 54.7 Å². The Labute approximate surface area is 231 Å². The van der Waals surface area contributed by atoms with Crippen LogP contribution in [0.3, 0.4) is 0 Å². The van der Waals surface area contributed by atoms with E-state index in [1.165, 1.54) is 17.4 Å². The normalized spacial score (nSPS) is 15.0. The molecule has 0 bridgehead atoms. The molecule has 0 saturated carbocycles. The van der Waals surface area contributed by atoms with Crippen molar-refractivity contribution in [1.29, 1.82) is 0 Å². The van der Waals surface area contributed by atoms with Crippen molar-refractivity contribution in [2.24, 2.45) is 0 Å². The SMILES string of the molecule is O=C(NC(Cc1ccc(F)c(F)c1)CN1C(=O)c2ccccc2C1=O)c1cc2c(s1)CCCn1ncc(Cl)c1-2. The van der Waals surface area contributed by atoms with Crippen LogP contribution in [-0.4, -0.2) is 45.0 Å². The van der Waals surface area contributed by atoms with E-state index in [0.29, 0.717) is 15.5 Å². The second kappa shape index (κ2) is 10.0. The Morgan fingerprint density at radius 1 is 1.05 bits per heavy atom. The van der Waals surface area contributed by atoms with Crippen molar-refractivity contribution < 1.29 is 23.2 Å². The fourth-order valence-corrected chi connectivity index (χ4v) is 6.46. The van der Waals surface area contributed by atoms with Crippen molar-refractivity contribution in [3.05, 3.63) is 97.8 Å². The largest absolute Gasteiger partial charge is 0.346 e. The molecular formula is C28H21ClF2N4O3S. The van der Waals surface area contributed by atoms with Gasteiger partial charge in [0.25, 0.3) is 17.7 Å². The molecule has 0 spiro atoms. The number of fused-ring (bicyclic) bond motifs is 4. The Morgan fingerprint density at radius 3 is 2.51 bits per heavy atom. The summed E-state index contributed by atoms with van der Waals surface area (Å²) in [7, 11) is 0. The average Bonchev–Trinajstić information content (AvgIpc) is 3.53. The highest BCUT2D eigenvalue weighted by Gasteiger charge is 2.37. The molecule has 6 rings (SSSR count). The minimum atomic E-state index is -1.02. The van der Waals surface area contributed by atoms with Gasteiger partial charge >= 0.3 is 0 Å². The Bertz CT molecular complexity index is 1610. The molecule has 4 heterocycles. The molecule has 1 atom stereocenters. The predicted octanol–water partition coefficient (Wildman–Crippen LogP) is 5.13. The molecule has 2 aromatic carbocycles. The van der Waals surface area contributed by atoms with Crippen molar-refractivity contribution in [2.75, 3.05) is 6.54 Å². The topological polar surface area (TPSA) is 84.3 Å². The van der Waals surface area contributed by atoms with E-state index in [1.807, 2.05) is 4.68 Å². The minimum Gasteiger partial charge on any atom is -0.346 e. The highest BCUT2D eigenvalue weighted by atomic mass is 35.5. The maximum absolute atomic E-state index is 14.0. The highest BCUT2D eigenvalue weighted by molar-refractivity contribution is 7.14. The fraction of sp³-hybridized carbons (Fsp3) is 0.214. The Hall–Kier alpha value is -3.89. The van der Waals surface area contributed by atoms with Crippen LogP contribution in [0, 0.1) is 11.6 Å². The lowest BCUT2D eigenvalue weighted by molar-refractivity contribution is 0.0629. The number of hydrogen-bond donors (Lipinski definition) is 1. The quantitative estimate of drug-likeness (QED) is 0.328. The van der Waals surface area contributed by atoms with Gasteiger partial charge in [0.1, 0.15) is 0 Å². The summed E-state index contributed by atoms with van der Waals surface area (Å²) in [6.45, 7) is 0.586. The first-order valence-electron chi connectivity index (χ1n) is 12.3. The molecule has 11 heteroatoms. The van der Waals surface area contributed by atoms with Gasteiger partial charge < -0.3 is 5.32 Å². The molecule has 0 saturated heterocycles. The van der Waals surface area contributed by atoms with E-state index in [0.717, 1.165) is 52.6 Å². The van der Waals surface area contributed by atoms with E-state index in [1.54, 1.807) is 36.5 Å². The van der Waals surface area contributed by atoms with E-state index in [9.17, 15) is 23.2 Å². The molecule has 3 amide bonds. The van der Waals surface area contributed by atoms with Crippen LogP contribution in [0.5, 0.6) is 0 Å². The summed E-state index contributed by atoms with van der Waals surface area (Å²) in [6, 6.07) is 11.0. The van der Waals surface area contributed by atoms with Crippen molar-refractivity contribution in [2.45, 2.75) is 31.8 Å². The van der Waals surface area contributed by atoms with Gasteiger partial charge in [-0.2, -0.15) is 5.10 Å². The number of carbonyl (C=O) groups is 3. The number of hydrogen-bond acceptors (Lipinski definition) is 5. The van der Waals surface area contributed by atoms with Crippen LogP contribution in [0.4, 0.5) is 8.78 Å². The first-order chi connectivity index (χ1) is 18.8. The lowest BCUT2D eigenvalue weighted by Gasteiger charge is -2.24. The van der Waals surface area contributed by atoms with Gasteiger partial charge in [0.15, 0.2) is 11.6 Å². The molecule has 1 unspecified atom stereocenters. The summed E-state index contributed by atoms with van der Waals surface area (Å²) in [5.74, 6) is -3.34. The number of thiophene rings is 1. The molecule has 198 valence electrons. The first kappa shape index (κ1) is 25.4. The highest BCUT2D eigenvalue weighted by Crippen LogP contribution is 2.38. The summed E-state index contributed by atoms with van der Waals surface area (Å²) in [4.78, 5) is 42.0. The Morgan fingerprint density at radius 2 is 1.79 bits per heavy atom. The summed E-state index contributed by atoms with van der Waals surface area (Å²) >= 11 is 7.75. The molecule has 0 aliphatic carbocycles. The number of benzene rings is 2. The van der Waals surface area contributed by atoms with Crippen LogP contribution < -0.4 is 5.32 Å². The zero-order valence-electron chi connectivity index (χ0n) is 20.4. The Balaban J connectivity index is 1.29. The second-order valence-corrected chi connectivity index (χ2v) is 11.0. The summed E-state index contributed by atoms with van der Waals surface area (Å²) in [5.41, 5.74) is 2.60. The number of amides is 3. The zero-order chi connectivity index (χ0) is 27.3. The van der Waals surface area contributed by atoms with Crippen LogP contribution in [0.25, 0.3) is 11.3 Å². The van der Waals surface area contributed by atoms with Gasteiger partial charge in [-0.25, -0.2) is 8.78 Å². The van der Waals surface area contributed by atoms with Gasteiger partial charge in [-0.1, -0.05) is 29.8 Å². The van der Waals surface area contributed by atoms with E-state index in [-0.39, 0.29) is 24.1 Å². The molecule has 0 fully saturated rings. The summed E-state index contributed by atoms with van der Waals surface area (Å²) in [6.07, 6.45) is 3.27. The first-order valence-corrected chi connectivity index (χ1v) is 13.5. The smallest absolute Gasteiger partial charge is 0.261 e. The van der Waals surface area contributed by atoms with Gasteiger partial charge in [-0.05, 0) is 55.2 Å².